The summed E-state index contributed by atoms with van der Waals surface area (Å²) < 4.78 is 1.78. The molecule has 1 aromatic heterocycles. The summed E-state index contributed by atoms with van der Waals surface area (Å²) in [6, 6.07) is 1.98. The van der Waals surface area contributed by atoms with Crippen LogP contribution in [0.5, 0.6) is 0 Å². The zero-order valence-corrected chi connectivity index (χ0v) is 8.41. The molecule has 0 saturated carbocycles. The second-order valence-corrected chi connectivity index (χ2v) is 3.79. The highest BCUT2D eigenvalue weighted by Gasteiger charge is 2.19. The van der Waals surface area contributed by atoms with Crippen LogP contribution < -0.4 is 5.73 Å². The number of aliphatic hydroxyl groups is 1. The van der Waals surface area contributed by atoms with Crippen LogP contribution in [0.25, 0.3) is 0 Å². The van der Waals surface area contributed by atoms with E-state index in [0.717, 1.165) is 11.4 Å². The van der Waals surface area contributed by atoms with E-state index >= 15 is 0 Å². The van der Waals surface area contributed by atoms with Crippen LogP contribution in [0.2, 0.25) is 0 Å². The molecule has 0 saturated heterocycles. The molecule has 1 heterocycles. The predicted molar refractivity (Wildman–Crippen MR) is 51.4 cm³/mol. The molecule has 0 fully saturated rings. The molecule has 4 nitrogen and oxygen atoms in total. The minimum absolute atomic E-state index is 0.241. The van der Waals surface area contributed by atoms with Crippen LogP contribution in [-0.2, 0) is 6.54 Å². The Bertz CT molecular complexity index is 291. The van der Waals surface area contributed by atoms with Gasteiger partial charge in [-0.2, -0.15) is 5.10 Å². The van der Waals surface area contributed by atoms with E-state index < -0.39 is 5.60 Å². The molecular formula is C9H17N3O. The SMILES string of the molecule is Cc1cc(C)n(CC(C)(O)CN)n1. The molecule has 0 aliphatic rings. The lowest BCUT2D eigenvalue weighted by Gasteiger charge is -2.21. The third kappa shape index (κ3) is 2.54. The van der Waals surface area contributed by atoms with Crippen LogP contribution in [0.4, 0.5) is 0 Å². The Balaban J connectivity index is 2.79. The van der Waals surface area contributed by atoms with E-state index in [4.69, 9.17) is 5.73 Å². The van der Waals surface area contributed by atoms with E-state index in [1.807, 2.05) is 19.9 Å². The summed E-state index contributed by atoms with van der Waals surface area (Å²) in [6.07, 6.45) is 0. The van der Waals surface area contributed by atoms with Gasteiger partial charge in [-0.25, -0.2) is 0 Å². The summed E-state index contributed by atoms with van der Waals surface area (Å²) in [5.41, 5.74) is 6.56. The molecule has 0 amide bonds. The molecule has 0 aromatic carbocycles. The molecule has 74 valence electrons. The standard InChI is InChI=1S/C9H17N3O/c1-7-4-8(2)12(11-7)6-9(3,13)5-10/h4,13H,5-6,10H2,1-3H3. The Labute approximate surface area is 78.4 Å². The van der Waals surface area contributed by atoms with Gasteiger partial charge in [-0.15, -0.1) is 0 Å². The molecule has 1 atom stereocenters. The summed E-state index contributed by atoms with van der Waals surface area (Å²) in [7, 11) is 0. The van der Waals surface area contributed by atoms with Crippen LogP contribution in [0.15, 0.2) is 6.07 Å². The first-order valence-electron chi connectivity index (χ1n) is 4.38. The zero-order chi connectivity index (χ0) is 10.1. The first-order chi connectivity index (χ1) is 5.94. The lowest BCUT2D eigenvalue weighted by atomic mass is 10.1. The minimum atomic E-state index is -0.872. The third-order valence-corrected chi connectivity index (χ3v) is 2.03. The number of hydrogen-bond donors (Lipinski definition) is 2. The fraction of sp³-hybridized carbons (Fsp3) is 0.667. The minimum Gasteiger partial charge on any atom is -0.387 e. The highest BCUT2D eigenvalue weighted by atomic mass is 16.3. The average Bonchev–Trinajstić information content (AvgIpc) is 2.30. The zero-order valence-electron chi connectivity index (χ0n) is 8.41. The van der Waals surface area contributed by atoms with Crippen LogP contribution in [0, 0.1) is 13.8 Å². The van der Waals surface area contributed by atoms with E-state index in [2.05, 4.69) is 5.10 Å². The molecule has 0 aliphatic heterocycles. The Hall–Kier alpha value is -0.870. The van der Waals surface area contributed by atoms with Gasteiger partial charge in [0.25, 0.3) is 0 Å². The molecule has 0 radical (unpaired) electrons. The Morgan fingerprint density at radius 3 is 2.62 bits per heavy atom. The fourth-order valence-corrected chi connectivity index (χ4v) is 1.22. The maximum absolute atomic E-state index is 9.72. The number of aryl methyl sites for hydroxylation is 2. The number of hydrogen-bond acceptors (Lipinski definition) is 3. The van der Waals surface area contributed by atoms with E-state index in [-0.39, 0.29) is 6.54 Å². The van der Waals surface area contributed by atoms with Gasteiger partial charge in [0, 0.05) is 12.2 Å². The normalized spacial score (nSPS) is 15.8. The van der Waals surface area contributed by atoms with Crippen molar-refractivity contribution in [3.05, 3.63) is 17.5 Å². The largest absolute Gasteiger partial charge is 0.387 e. The second kappa shape index (κ2) is 3.47. The van der Waals surface area contributed by atoms with Crippen molar-refractivity contribution >= 4 is 0 Å². The van der Waals surface area contributed by atoms with Gasteiger partial charge >= 0.3 is 0 Å². The van der Waals surface area contributed by atoms with Crippen LogP contribution in [0.1, 0.15) is 18.3 Å². The molecule has 1 unspecified atom stereocenters. The maximum atomic E-state index is 9.72. The molecule has 1 aromatic rings. The smallest absolute Gasteiger partial charge is 0.0936 e. The molecule has 13 heavy (non-hydrogen) atoms. The van der Waals surface area contributed by atoms with Crippen LogP contribution in [0.3, 0.4) is 0 Å². The molecule has 0 aliphatic carbocycles. The summed E-state index contributed by atoms with van der Waals surface area (Å²) in [6.45, 7) is 6.30. The Morgan fingerprint density at radius 1 is 1.62 bits per heavy atom. The molecule has 1 rings (SSSR count). The first kappa shape index (κ1) is 10.2. The van der Waals surface area contributed by atoms with Gasteiger partial charge in [0.15, 0.2) is 0 Å². The van der Waals surface area contributed by atoms with Crippen LogP contribution in [-0.4, -0.2) is 27.0 Å². The predicted octanol–water partition coefficient (Wildman–Crippen LogP) is 0.210. The van der Waals surface area contributed by atoms with Gasteiger partial charge in [-0.1, -0.05) is 0 Å². The van der Waals surface area contributed by atoms with Gasteiger partial charge in [-0.3, -0.25) is 4.68 Å². The highest BCUT2D eigenvalue weighted by molar-refractivity contribution is 5.07. The van der Waals surface area contributed by atoms with Crippen LogP contribution >= 0.6 is 0 Å². The Morgan fingerprint density at radius 2 is 2.23 bits per heavy atom. The van der Waals surface area contributed by atoms with Crippen molar-refractivity contribution in [2.45, 2.75) is 32.9 Å². The summed E-state index contributed by atoms with van der Waals surface area (Å²) >= 11 is 0. The van der Waals surface area contributed by atoms with Gasteiger partial charge in [0.1, 0.15) is 0 Å². The van der Waals surface area contributed by atoms with Gasteiger partial charge in [-0.05, 0) is 26.8 Å². The fourth-order valence-electron chi connectivity index (χ4n) is 1.22. The lowest BCUT2D eigenvalue weighted by Crippen LogP contribution is -2.39. The number of nitrogens with two attached hydrogens (primary N) is 1. The van der Waals surface area contributed by atoms with Crippen molar-refractivity contribution in [2.75, 3.05) is 6.54 Å². The molecule has 0 bridgehead atoms. The lowest BCUT2D eigenvalue weighted by molar-refractivity contribution is 0.0464. The topological polar surface area (TPSA) is 64.1 Å². The van der Waals surface area contributed by atoms with Crippen molar-refractivity contribution in [2.24, 2.45) is 5.73 Å². The van der Waals surface area contributed by atoms with Gasteiger partial charge in [0.2, 0.25) is 0 Å². The highest BCUT2D eigenvalue weighted by Crippen LogP contribution is 2.08. The van der Waals surface area contributed by atoms with Crippen molar-refractivity contribution in [3.8, 4) is 0 Å². The second-order valence-electron chi connectivity index (χ2n) is 3.79. The van der Waals surface area contributed by atoms with E-state index in [9.17, 15) is 5.11 Å². The van der Waals surface area contributed by atoms with E-state index in [1.165, 1.54) is 0 Å². The third-order valence-electron chi connectivity index (χ3n) is 2.03. The number of nitrogens with zero attached hydrogens (tertiary/aromatic N) is 2. The Kier molecular flexibility index (Phi) is 2.73. The summed E-state index contributed by atoms with van der Waals surface area (Å²) in [5, 5.41) is 14.0. The van der Waals surface area contributed by atoms with E-state index in [1.54, 1.807) is 11.6 Å². The number of aromatic nitrogens is 2. The number of rotatable bonds is 3. The van der Waals surface area contributed by atoms with Crippen molar-refractivity contribution in [3.63, 3.8) is 0 Å². The van der Waals surface area contributed by atoms with E-state index in [0.29, 0.717) is 6.54 Å². The van der Waals surface area contributed by atoms with Gasteiger partial charge in [0.05, 0.1) is 17.8 Å². The van der Waals surface area contributed by atoms with Gasteiger partial charge < -0.3 is 10.8 Å². The summed E-state index contributed by atoms with van der Waals surface area (Å²) in [4.78, 5) is 0. The monoisotopic (exact) mass is 183 g/mol. The quantitative estimate of drug-likeness (QED) is 0.704. The molecule has 3 N–H and O–H groups in total. The molecule has 0 spiro atoms. The summed E-state index contributed by atoms with van der Waals surface area (Å²) in [5.74, 6) is 0. The average molecular weight is 183 g/mol. The maximum Gasteiger partial charge on any atom is 0.0936 e. The van der Waals surface area contributed by atoms with Crippen molar-refractivity contribution in [1.29, 1.82) is 0 Å². The molecule has 4 heteroatoms. The first-order valence-corrected chi connectivity index (χ1v) is 4.38. The van der Waals surface area contributed by atoms with Crippen molar-refractivity contribution in [1.82, 2.24) is 9.78 Å². The van der Waals surface area contributed by atoms with Crippen molar-refractivity contribution < 1.29 is 5.11 Å². The molecular weight excluding hydrogens is 166 g/mol.